The van der Waals surface area contributed by atoms with Crippen LogP contribution in [0.15, 0.2) is 18.2 Å². The lowest BCUT2D eigenvalue weighted by atomic mass is 10.1. The van der Waals surface area contributed by atoms with Crippen LogP contribution in [0.4, 0.5) is 0 Å². The fourth-order valence-corrected chi connectivity index (χ4v) is 2.23. The Morgan fingerprint density at radius 1 is 1.30 bits per heavy atom. The second-order valence-corrected chi connectivity index (χ2v) is 5.87. The van der Waals surface area contributed by atoms with Crippen LogP contribution in [-0.2, 0) is 6.54 Å². The van der Waals surface area contributed by atoms with Crippen molar-refractivity contribution in [2.75, 3.05) is 13.7 Å². The van der Waals surface area contributed by atoms with E-state index in [0.29, 0.717) is 23.3 Å². The highest BCUT2D eigenvalue weighted by Crippen LogP contribution is 2.21. The first-order valence-corrected chi connectivity index (χ1v) is 7.10. The van der Waals surface area contributed by atoms with Crippen molar-refractivity contribution in [3.63, 3.8) is 0 Å². The van der Waals surface area contributed by atoms with Gasteiger partial charge in [0, 0.05) is 19.1 Å². The molecular weight excluding hydrogens is 250 g/mol. The minimum absolute atomic E-state index is 0.0451. The van der Waals surface area contributed by atoms with Crippen molar-refractivity contribution < 1.29 is 4.74 Å². The van der Waals surface area contributed by atoms with E-state index in [1.807, 2.05) is 18.2 Å². The number of nitrogens with zero attached hydrogens (tertiary/aromatic N) is 1. The van der Waals surface area contributed by atoms with E-state index < -0.39 is 0 Å². The van der Waals surface area contributed by atoms with E-state index in [-0.39, 0.29) is 5.84 Å². The zero-order valence-corrected chi connectivity index (χ0v) is 13.2. The quantitative estimate of drug-likeness (QED) is 0.595. The summed E-state index contributed by atoms with van der Waals surface area (Å²) < 4.78 is 5.24. The third-order valence-electron chi connectivity index (χ3n) is 3.27. The van der Waals surface area contributed by atoms with Gasteiger partial charge in [-0.25, -0.2) is 0 Å². The van der Waals surface area contributed by atoms with Crippen LogP contribution in [0.25, 0.3) is 0 Å². The maximum atomic E-state index is 7.64. The number of nitrogens with two attached hydrogens (primary N) is 1. The van der Waals surface area contributed by atoms with Crippen LogP contribution in [0.3, 0.4) is 0 Å². The summed E-state index contributed by atoms with van der Waals surface area (Å²) >= 11 is 0. The molecule has 112 valence electrons. The van der Waals surface area contributed by atoms with Gasteiger partial charge in [0.2, 0.25) is 0 Å². The topological polar surface area (TPSA) is 62.3 Å². The Hall–Kier alpha value is -1.55. The molecule has 1 aromatic rings. The molecule has 0 amide bonds. The highest BCUT2D eigenvalue weighted by atomic mass is 16.5. The summed E-state index contributed by atoms with van der Waals surface area (Å²) in [5, 5.41) is 7.64. The molecule has 0 aliphatic carbocycles. The Labute approximate surface area is 122 Å². The zero-order valence-electron chi connectivity index (χ0n) is 13.2. The van der Waals surface area contributed by atoms with E-state index in [1.165, 1.54) is 0 Å². The van der Waals surface area contributed by atoms with Gasteiger partial charge in [0.25, 0.3) is 0 Å². The van der Waals surface area contributed by atoms with Crippen molar-refractivity contribution in [1.82, 2.24) is 4.90 Å². The molecule has 4 nitrogen and oxygen atoms in total. The van der Waals surface area contributed by atoms with Crippen LogP contribution >= 0.6 is 0 Å². The van der Waals surface area contributed by atoms with Crippen molar-refractivity contribution in [3.05, 3.63) is 29.3 Å². The largest absolute Gasteiger partial charge is 0.496 e. The van der Waals surface area contributed by atoms with E-state index in [9.17, 15) is 0 Å². The second kappa shape index (κ2) is 7.29. The molecule has 20 heavy (non-hydrogen) atoms. The number of nitrogens with one attached hydrogen (secondary N) is 1. The van der Waals surface area contributed by atoms with Crippen molar-refractivity contribution in [2.45, 2.75) is 40.3 Å². The summed E-state index contributed by atoms with van der Waals surface area (Å²) in [4.78, 5) is 2.43. The third kappa shape index (κ3) is 4.53. The van der Waals surface area contributed by atoms with Gasteiger partial charge in [-0.2, -0.15) is 0 Å². The molecule has 4 heteroatoms. The maximum Gasteiger partial charge on any atom is 0.129 e. The van der Waals surface area contributed by atoms with E-state index in [2.05, 4.69) is 32.6 Å². The van der Waals surface area contributed by atoms with Gasteiger partial charge >= 0.3 is 0 Å². The van der Waals surface area contributed by atoms with Crippen molar-refractivity contribution in [2.24, 2.45) is 11.7 Å². The molecule has 0 atom stereocenters. The molecule has 0 saturated carbocycles. The van der Waals surface area contributed by atoms with Gasteiger partial charge in [-0.15, -0.1) is 0 Å². The predicted octanol–water partition coefficient (Wildman–Crippen LogP) is 2.85. The molecule has 0 aliphatic heterocycles. The van der Waals surface area contributed by atoms with E-state index in [0.717, 1.165) is 18.7 Å². The number of amidine groups is 1. The summed E-state index contributed by atoms with van der Waals surface area (Å²) in [5.74, 6) is 1.33. The molecule has 0 fully saturated rings. The molecule has 0 aliphatic rings. The predicted molar refractivity (Wildman–Crippen MR) is 84.4 cm³/mol. The maximum absolute atomic E-state index is 7.64. The lowest BCUT2D eigenvalue weighted by molar-refractivity contribution is 0.189. The Balaban J connectivity index is 2.96. The third-order valence-corrected chi connectivity index (χ3v) is 3.27. The summed E-state index contributed by atoms with van der Waals surface area (Å²) in [7, 11) is 1.60. The number of nitrogen functional groups attached to an aromatic ring is 1. The van der Waals surface area contributed by atoms with Gasteiger partial charge in [0.1, 0.15) is 11.6 Å². The van der Waals surface area contributed by atoms with Crippen molar-refractivity contribution in [3.8, 4) is 5.75 Å². The zero-order chi connectivity index (χ0) is 15.3. The molecular formula is C16H27N3O. The molecule has 3 N–H and O–H groups in total. The minimum Gasteiger partial charge on any atom is -0.496 e. The lowest BCUT2D eigenvalue weighted by Gasteiger charge is -2.28. The average Bonchev–Trinajstić information content (AvgIpc) is 2.37. The van der Waals surface area contributed by atoms with Crippen molar-refractivity contribution in [1.29, 1.82) is 5.41 Å². The van der Waals surface area contributed by atoms with Crippen LogP contribution in [0.1, 0.15) is 38.8 Å². The minimum atomic E-state index is 0.0451. The van der Waals surface area contributed by atoms with Gasteiger partial charge in [-0.05, 0) is 37.5 Å². The van der Waals surface area contributed by atoms with E-state index in [4.69, 9.17) is 15.9 Å². The van der Waals surface area contributed by atoms with Gasteiger partial charge in [0.05, 0.1) is 12.7 Å². The fourth-order valence-electron chi connectivity index (χ4n) is 2.23. The highest BCUT2D eigenvalue weighted by Gasteiger charge is 2.14. The molecule has 0 unspecified atom stereocenters. The summed E-state index contributed by atoms with van der Waals surface area (Å²) in [6.07, 6.45) is 0. The number of benzene rings is 1. The normalized spacial score (nSPS) is 11.4. The summed E-state index contributed by atoms with van der Waals surface area (Å²) in [6, 6.07) is 6.37. The van der Waals surface area contributed by atoms with E-state index in [1.54, 1.807) is 7.11 Å². The van der Waals surface area contributed by atoms with Crippen LogP contribution in [-0.4, -0.2) is 30.4 Å². The Morgan fingerprint density at radius 3 is 2.40 bits per heavy atom. The Bertz CT molecular complexity index is 455. The van der Waals surface area contributed by atoms with Crippen LogP contribution in [0.5, 0.6) is 5.75 Å². The summed E-state index contributed by atoms with van der Waals surface area (Å²) in [5.41, 5.74) is 7.44. The first-order chi connectivity index (χ1) is 9.35. The molecule has 0 radical (unpaired) electrons. The number of hydrogen-bond acceptors (Lipinski definition) is 3. The smallest absolute Gasteiger partial charge is 0.129 e. The first kappa shape index (κ1) is 16.5. The van der Waals surface area contributed by atoms with Crippen LogP contribution in [0.2, 0.25) is 0 Å². The fraction of sp³-hybridized carbons (Fsp3) is 0.562. The summed E-state index contributed by atoms with van der Waals surface area (Å²) in [6.45, 7) is 10.8. The van der Waals surface area contributed by atoms with Gasteiger partial charge in [-0.1, -0.05) is 19.9 Å². The Morgan fingerprint density at radius 2 is 1.95 bits per heavy atom. The molecule has 0 saturated heterocycles. The number of rotatable bonds is 7. The van der Waals surface area contributed by atoms with Crippen LogP contribution in [0, 0.1) is 11.3 Å². The molecule has 0 bridgehead atoms. The molecule has 0 heterocycles. The molecule has 1 rings (SSSR count). The van der Waals surface area contributed by atoms with Crippen molar-refractivity contribution >= 4 is 5.84 Å². The average molecular weight is 277 g/mol. The second-order valence-electron chi connectivity index (χ2n) is 5.87. The van der Waals surface area contributed by atoms with Crippen LogP contribution < -0.4 is 10.5 Å². The van der Waals surface area contributed by atoms with Gasteiger partial charge in [-0.3, -0.25) is 10.3 Å². The molecule has 1 aromatic carbocycles. The molecule has 0 spiro atoms. The highest BCUT2D eigenvalue weighted by molar-refractivity contribution is 5.97. The monoisotopic (exact) mass is 277 g/mol. The number of methoxy groups -OCH3 is 1. The number of hydrogen-bond donors (Lipinski definition) is 2. The van der Waals surface area contributed by atoms with Gasteiger partial charge < -0.3 is 10.5 Å². The Kier molecular flexibility index (Phi) is 6.02. The van der Waals surface area contributed by atoms with Gasteiger partial charge in [0.15, 0.2) is 0 Å². The first-order valence-electron chi connectivity index (χ1n) is 7.10. The standard InChI is InChI=1S/C16H27N3O/c1-11(2)9-19(12(3)4)10-13-6-7-15(20-5)14(8-13)16(17)18/h6-8,11-12H,9-10H2,1-5H3,(H3,17,18). The SMILES string of the molecule is COc1ccc(CN(CC(C)C)C(C)C)cc1C(=N)N. The molecule has 0 aromatic heterocycles. The lowest BCUT2D eigenvalue weighted by Crippen LogP contribution is -2.33. The van der Waals surface area contributed by atoms with E-state index >= 15 is 0 Å². The number of ether oxygens (including phenoxy) is 1.